The third-order valence-corrected chi connectivity index (χ3v) is 7.87. The molecule has 0 radical (unpaired) electrons. The second kappa shape index (κ2) is 9.11. The summed E-state index contributed by atoms with van der Waals surface area (Å²) in [5.41, 5.74) is 1.26. The van der Waals surface area contributed by atoms with Gasteiger partial charge in [0.15, 0.2) is 14.6 Å². The lowest BCUT2D eigenvalue weighted by molar-refractivity contribution is 0.0997. The third kappa shape index (κ3) is 4.48. The number of carbonyl (C=O) groups excluding carboxylic acids is 1. The number of amides is 1. The van der Waals surface area contributed by atoms with E-state index < -0.39 is 21.0 Å². The van der Waals surface area contributed by atoms with Crippen LogP contribution < -0.4 is 9.54 Å². The molecule has 0 saturated heterocycles. The highest BCUT2D eigenvalue weighted by atomic mass is 32.2. The van der Waals surface area contributed by atoms with E-state index in [1.807, 2.05) is 22.8 Å². The van der Waals surface area contributed by atoms with Gasteiger partial charge in [-0.05, 0) is 56.3 Å². The van der Waals surface area contributed by atoms with Gasteiger partial charge in [-0.15, -0.1) is 0 Å². The number of carbonyl (C=O) groups is 1. The van der Waals surface area contributed by atoms with Crippen molar-refractivity contribution in [2.75, 3.05) is 20.8 Å². The largest absolute Gasteiger partial charge is 0.497 e. The molecule has 0 aliphatic rings. The van der Waals surface area contributed by atoms with Crippen molar-refractivity contribution < 1.29 is 22.7 Å². The Kier molecular flexibility index (Phi) is 6.74. The summed E-state index contributed by atoms with van der Waals surface area (Å²) in [5.74, 6) is 0.288. The minimum atomic E-state index is -3.39. The van der Waals surface area contributed by atoms with Crippen LogP contribution in [0.3, 0.4) is 0 Å². The summed E-state index contributed by atoms with van der Waals surface area (Å²) in [4.78, 5) is 17.8. The molecule has 0 atom stereocenters. The van der Waals surface area contributed by atoms with Crippen molar-refractivity contribution >= 4 is 37.3 Å². The maximum absolute atomic E-state index is 12.8. The molecule has 1 amide bonds. The van der Waals surface area contributed by atoms with Gasteiger partial charge >= 0.3 is 0 Å². The Balaban J connectivity index is 2.02. The van der Waals surface area contributed by atoms with Gasteiger partial charge in [-0.3, -0.25) is 4.79 Å². The van der Waals surface area contributed by atoms with Crippen molar-refractivity contribution in [3.63, 3.8) is 0 Å². The number of nitrogens with zero attached hydrogens (tertiary/aromatic N) is 2. The third-order valence-electron chi connectivity index (χ3n) is 4.66. The summed E-state index contributed by atoms with van der Waals surface area (Å²) in [6, 6.07) is 11.6. The Morgan fingerprint density at radius 3 is 2.43 bits per heavy atom. The second-order valence-electron chi connectivity index (χ2n) is 6.90. The van der Waals surface area contributed by atoms with Crippen LogP contribution in [0.2, 0.25) is 0 Å². The van der Waals surface area contributed by atoms with Crippen molar-refractivity contribution in [2.24, 2.45) is 4.99 Å². The smallest absolute Gasteiger partial charge is 0.279 e. The van der Waals surface area contributed by atoms with Crippen molar-refractivity contribution in [3.8, 4) is 5.75 Å². The quantitative estimate of drug-likeness (QED) is 0.554. The van der Waals surface area contributed by atoms with Crippen LogP contribution in [0.4, 0.5) is 0 Å². The molecule has 0 fully saturated rings. The molecule has 160 valence electrons. The van der Waals surface area contributed by atoms with Crippen LogP contribution in [-0.2, 0) is 21.1 Å². The molecule has 9 heteroatoms. The standard InChI is InChI=1S/C21H24N2O5S2/c1-14(2)30(25,26)17-8-5-15(6-9-17)20(24)22-21-23(11-12-27-3)18-10-7-16(28-4)13-19(18)29-21/h5-10,13-14H,11-12H2,1-4H3. The molecule has 0 spiro atoms. The first-order valence-electron chi connectivity index (χ1n) is 9.37. The molecule has 0 bridgehead atoms. The number of aromatic nitrogens is 1. The van der Waals surface area contributed by atoms with Gasteiger partial charge in [0.1, 0.15) is 5.75 Å². The molecule has 0 N–H and O–H groups in total. The normalized spacial score (nSPS) is 12.6. The zero-order valence-corrected chi connectivity index (χ0v) is 18.9. The molecule has 3 rings (SSSR count). The number of fused-ring (bicyclic) bond motifs is 1. The molecule has 30 heavy (non-hydrogen) atoms. The maximum Gasteiger partial charge on any atom is 0.279 e. The number of ether oxygens (including phenoxy) is 2. The lowest BCUT2D eigenvalue weighted by Crippen LogP contribution is -2.19. The molecule has 1 aromatic heterocycles. The van der Waals surface area contributed by atoms with E-state index in [0.717, 1.165) is 16.0 Å². The minimum absolute atomic E-state index is 0.193. The Labute approximate surface area is 179 Å². The zero-order valence-electron chi connectivity index (χ0n) is 17.3. The van der Waals surface area contributed by atoms with E-state index in [9.17, 15) is 13.2 Å². The monoisotopic (exact) mass is 448 g/mol. The van der Waals surface area contributed by atoms with Crippen molar-refractivity contribution in [1.82, 2.24) is 4.57 Å². The number of rotatable bonds is 7. The molecular formula is C21H24N2O5S2. The average Bonchev–Trinajstić information content (AvgIpc) is 3.07. The summed E-state index contributed by atoms with van der Waals surface area (Å²) >= 11 is 1.38. The number of thiazole rings is 1. The van der Waals surface area contributed by atoms with Crippen LogP contribution in [0, 0.1) is 0 Å². The number of benzene rings is 2. The van der Waals surface area contributed by atoms with Crippen LogP contribution in [0.25, 0.3) is 10.2 Å². The Bertz CT molecular complexity index is 1220. The number of hydrogen-bond donors (Lipinski definition) is 0. The number of methoxy groups -OCH3 is 2. The van der Waals surface area contributed by atoms with Crippen molar-refractivity contribution in [3.05, 3.63) is 52.8 Å². The first kappa shape index (κ1) is 22.2. The van der Waals surface area contributed by atoms with Gasteiger partial charge in [-0.2, -0.15) is 4.99 Å². The average molecular weight is 449 g/mol. The van der Waals surface area contributed by atoms with E-state index in [-0.39, 0.29) is 4.90 Å². The summed E-state index contributed by atoms with van der Waals surface area (Å²) in [5, 5.41) is -0.529. The number of sulfone groups is 1. The summed E-state index contributed by atoms with van der Waals surface area (Å²) < 4.78 is 37.9. The van der Waals surface area contributed by atoms with Gasteiger partial charge in [0.25, 0.3) is 5.91 Å². The van der Waals surface area contributed by atoms with Crippen LogP contribution in [0.1, 0.15) is 24.2 Å². The van der Waals surface area contributed by atoms with E-state index in [0.29, 0.717) is 23.5 Å². The fourth-order valence-electron chi connectivity index (χ4n) is 2.88. The van der Waals surface area contributed by atoms with Gasteiger partial charge in [0.05, 0.1) is 34.1 Å². The molecule has 1 heterocycles. The molecule has 3 aromatic rings. The minimum Gasteiger partial charge on any atom is -0.497 e. The summed E-state index contributed by atoms with van der Waals surface area (Å²) in [6.07, 6.45) is 0. The Morgan fingerprint density at radius 2 is 1.83 bits per heavy atom. The first-order valence-corrected chi connectivity index (χ1v) is 11.7. The van der Waals surface area contributed by atoms with Crippen LogP contribution in [-0.4, -0.2) is 45.0 Å². The molecule has 0 unspecified atom stereocenters. The van der Waals surface area contributed by atoms with Gasteiger partial charge in [-0.1, -0.05) is 11.3 Å². The fraction of sp³-hybridized carbons (Fsp3) is 0.333. The highest BCUT2D eigenvalue weighted by molar-refractivity contribution is 7.92. The lowest BCUT2D eigenvalue weighted by Gasteiger charge is -2.07. The predicted molar refractivity (Wildman–Crippen MR) is 117 cm³/mol. The first-order chi connectivity index (χ1) is 14.3. The summed E-state index contributed by atoms with van der Waals surface area (Å²) in [6.45, 7) is 4.26. The van der Waals surface area contributed by atoms with E-state index in [4.69, 9.17) is 9.47 Å². The van der Waals surface area contributed by atoms with Crippen LogP contribution >= 0.6 is 11.3 Å². The van der Waals surface area contributed by atoms with Gasteiger partial charge in [-0.25, -0.2) is 8.42 Å². The van der Waals surface area contributed by atoms with Crippen LogP contribution in [0.15, 0.2) is 52.4 Å². The highest BCUT2D eigenvalue weighted by Crippen LogP contribution is 2.23. The van der Waals surface area contributed by atoms with Gasteiger partial charge in [0.2, 0.25) is 0 Å². The Hall–Kier alpha value is -2.49. The molecule has 0 aliphatic heterocycles. The van der Waals surface area contributed by atoms with Crippen LogP contribution in [0.5, 0.6) is 5.75 Å². The van der Waals surface area contributed by atoms with Crippen molar-refractivity contribution in [2.45, 2.75) is 30.5 Å². The topological polar surface area (TPSA) is 87.0 Å². The molecule has 0 saturated carbocycles. The maximum atomic E-state index is 12.8. The van der Waals surface area contributed by atoms with Crippen molar-refractivity contribution in [1.29, 1.82) is 0 Å². The van der Waals surface area contributed by atoms with E-state index in [1.165, 1.54) is 35.6 Å². The molecule has 0 aliphatic carbocycles. The molecule has 2 aromatic carbocycles. The number of hydrogen-bond acceptors (Lipinski definition) is 6. The lowest BCUT2D eigenvalue weighted by atomic mass is 10.2. The Morgan fingerprint density at radius 1 is 1.13 bits per heavy atom. The van der Waals surface area contributed by atoms with Gasteiger partial charge < -0.3 is 14.0 Å². The van der Waals surface area contributed by atoms with E-state index >= 15 is 0 Å². The van der Waals surface area contributed by atoms with E-state index in [1.54, 1.807) is 28.1 Å². The molecule has 7 nitrogen and oxygen atoms in total. The molecular weight excluding hydrogens is 424 g/mol. The van der Waals surface area contributed by atoms with Gasteiger partial charge in [0, 0.05) is 19.2 Å². The second-order valence-corrected chi connectivity index (χ2v) is 10.4. The predicted octanol–water partition coefficient (Wildman–Crippen LogP) is 3.28. The zero-order chi connectivity index (χ0) is 21.9. The summed E-state index contributed by atoms with van der Waals surface area (Å²) in [7, 11) is -0.168. The highest BCUT2D eigenvalue weighted by Gasteiger charge is 2.19. The fourth-order valence-corrected chi connectivity index (χ4v) is 5.02. The SMILES string of the molecule is COCCn1c(=NC(=O)c2ccc(S(=O)(=O)C(C)C)cc2)sc2cc(OC)ccc21. The van der Waals surface area contributed by atoms with E-state index in [2.05, 4.69) is 4.99 Å².